The number of hydrogen-bond acceptors (Lipinski definition) is 6. The Balaban J connectivity index is 1.57. The number of thiophene rings is 1. The number of anilines is 1. The zero-order chi connectivity index (χ0) is 19.9. The summed E-state index contributed by atoms with van der Waals surface area (Å²) in [5, 5.41) is 7.22. The third-order valence-electron chi connectivity index (χ3n) is 4.45. The Labute approximate surface area is 166 Å². The Kier molecular flexibility index (Phi) is 6.75. The van der Waals surface area contributed by atoms with Crippen LogP contribution in [0, 0.1) is 0 Å². The molecule has 3 amide bonds. The predicted molar refractivity (Wildman–Crippen MR) is 106 cm³/mol. The number of ether oxygens (including phenoxy) is 1. The maximum Gasteiger partial charge on any atom is 0.313 e. The Morgan fingerprint density at radius 1 is 1.11 bits per heavy atom. The third-order valence-corrected chi connectivity index (χ3v) is 5.42. The van der Waals surface area contributed by atoms with Crippen LogP contribution in [0.5, 0.6) is 0 Å². The molecule has 0 aliphatic carbocycles. The number of morpholine rings is 1. The molecule has 1 saturated heterocycles. The maximum absolute atomic E-state index is 12.2. The predicted octanol–water partition coefficient (Wildman–Crippen LogP) is 0.975. The minimum Gasteiger partial charge on any atom is -0.379 e. The summed E-state index contributed by atoms with van der Waals surface area (Å²) in [6.07, 6.45) is 0. The second-order valence-corrected chi connectivity index (χ2v) is 7.26. The molecule has 1 fully saturated rings. The van der Waals surface area contributed by atoms with E-state index in [1.54, 1.807) is 11.3 Å². The molecule has 3 rings (SSSR count). The van der Waals surface area contributed by atoms with E-state index in [0.29, 0.717) is 31.0 Å². The fourth-order valence-electron chi connectivity index (χ4n) is 2.95. The van der Waals surface area contributed by atoms with Crippen LogP contribution in [0.25, 0.3) is 0 Å². The maximum atomic E-state index is 12.2. The van der Waals surface area contributed by atoms with Crippen molar-refractivity contribution in [2.45, 2.75) is 6.04 Å². The van der Waals surface area contributed by atoms with Gasteiger partial charge in [0.2, 0.25) is 5.91 Å². The number of carbonyl (C=O) groups excluding carboxylic acids is 3. The van der Waals surface area contributed by atoms with Crippen LogP contribution >= 0.6 is 11.3 Å². The number of nitrogens with one attached hydrogen (secondary N) is 2. The molecule has 4 N–H and O–H groups in total. The summed E-state index contributed by atoms with van der Waals surface area (Å²) in [6.45, 7) is 3.18. The van der Waals surface area contributed by atoms with E-state index in [-0.39, 0.29) is 6.04 Å². The monoisotopic (exact) mass is 402 g/mol. The fraction of sp³-hybridized carbons (Fsp3) is 0.316. The van der Waals surface area contributed by atoms with E-state index in [9.17, 15) is 14.4 Å². The number of nitrogens with two attached hydrogens (primary N) is 1. The molecule has 0 unspecified atom stereocenters. The number of amides is 3. The summed E-state index contributed by atoms with van der Waals surface area (Å²) < 4.78 is 5.40. The molecule has 8 nitrogen and oxygen atoms in total. The summed E-state index contributed by atoms with van der Waals surface area (Å²) in [4.78, 5) is 38.9. The van der Waals surface area contributed by atoms with E-state index in [0.717, 1.165) is 18.0 Å². The van der Waals surface area contributed by atoms with E-state index >= 15 is 0 Å². The van der Waals surface area contributed by atoms with Crippen LogP contribution in [0.15, 0.2) is 41.8 Å². The summed E-state index contributed by atoms with van der Waals surface area (Å²) in [7, 11) is 0. The van der Waals surface area contributed by atoms with Gasteiger partial charge in [-0.15, -0.1) is 11.3 Å². The molecule has 1 aromatic heterocycles. The van der Waals surface area contributed by atoms with Crippen LogP contribution in [0.3, 0.4) is 0 Å². The van der Waals surface area contributed by atoms with Gasteiger partial charge in [0.05, 0.1) is 19.3 Å². The van der Waals surface area contributed by atoms with Crippen molar-refractivity contribution in [3.05, 3.63) is 52.2 Å². The second kappa shape index (κ2) is 9.45. The molecular formula is C19H22N4O4S. The highest BCUT2D eigenvalue weighted by Crippen LogP contribution is 2.25. The molecule has 9 heteroatoms. The van der Waals surface area contributed by atoms with Crippen LogP contribution < -0.4 is 16.4 Å². The largest absolute Gasteiger partial charge is 0.379 e. The van der Waals surface area contributed by atoms with E-state index in [1.165, 1.54) is 24.3 Å². The van der Waals surface area contributed by atoms with Gasteiger partial charge >= 0.3 is 11.8 Å². The van der Waals surface area contributed by atoms with Crippen molar-refractivity contribution < 1.29 is 19.1 Å². The first-order valence-electron chi connectivity index (χ1n) is 8.89. The lowest BCUT2D eigenvalue weighted by Gasteiger charge is -2.34. The summed E-state index contributed by atoms with van der Waals surface area (Å²) in [5.41, 5.74) is 5.92. The summed E-state index contributed by atoms with van der Waals surface area (Å²) in [6, 6.07) is 10.0. The first-order valence-corrected chi connectivity index (χ1v) is 9.77. The Hall–Kier alpha value is -2.75. The highest BCUT2D eigenvalue weighted by atomic mass is 32.1. The van der Waals surface area contributed by atoms with Gasteiger partial charge in [0, 0.05) is 35.8 Å². The van der Waals surface area contributed by atoms with Gasteiger partial charge in [-0.25, -0.2) is 0 Å². The van der Waals surface area contributed by atoms with Gasteiger partial charge in [0.15, 0.2) is 0 Å². The van der Waals surface area contributed by atoms with Crippen LogP contribution in [0.2, 0.25) is 0 Å². The Bertz CT molecular complexity index is 817. The standard InChI is InChI=1S/C19H22N4O4S/c20-17(24)13-3-5-14(6-4-13)22-19(26)18(25)21-12-15(16-2-1-11-28-16)23-7-9-27-10-8-23/h1-6,11,15H,7-10,12H2,(H2,20,24)(H,21,25)(H,22,26)/t15-/m1/s1. The first kappa shape index (κ1) is 20.0. The minimum absolute atomic E-state index is 0.00417. The highest BCUT2D eigenvalue weighted by Gasteiger charge is 2.25. The lowest BCUT2D eigenvalue weighted by Crippen LogP contribution is -2.45. The number of rotatable bonds is 6. The van der Waals surface area contributed by atoms with Crippen LogP contribution in [-0.4, -0.2) is 55.5 Å². The zero-order valence-electron chi connectivity index (χ0n) is 15.2. The van der Waals surface area contributed by atoms with Crippen molar-refractivity contribution in [3.8, 4) is 0 Å². The van der Waals surface area contributed by atoms with Crippen molar-refractivity contribution in [1.29, 1.82) is 0 Å². The molecule has 1 aliphatic rings. The zero-order valence-corrected chi connectivity index (χ0v) is 16.0. The molecule has 2 aromatic rings. The third kappa shape index (κ3) is 5.16. The number of carbonyl (C=O) groups is 3. The molecule has 0 spiro atoms. The lowest BCUT2D eigenvalue weighted by atomic mass is 10.2. The molecule has 28 heavy (non-hydrogen) atoms. The number of hydrogen-bond donors (Lipinski definition) is 3. The molecule has 148 valence electrons. The molecular weight excluding hydrogens is 380 g/mol. The van der Waals surface area contributed by atoms with Gasteiger partial charge in [0.25, 0.3) is 0 Å². The second-order valence-electron chi connectivity index (χ2n) is 6.29. The Morgan fingerprint density at radius 3 is 2.43 bits per heavy atom. The van der Waals surface area contributed by atoms with Gasteiger partial charge in [-0.3, -0.25) is 19.3 Å². The van der Waals surface area contributed by atoms with Crippen LogP contribution in [0.4, 0.5) is 5.69 Å². The van der Waals surface area contributed by atoms with E-state index in [2.05, 4.69) is 15.5 Å². The quantitative estimate of drug-likeness (QED) is 0.623. The molecule has 0 bridgehead atoms. The summed E-state index contributed by atoms with van der Waals surface area (Å²) in [5.74, 6) is -2.04. The topological polar surface area (TPSA) is 114 Å². The molecule has 0 saturated carbocycles. The number of benzene rings is 1. The van der Waals surface area contributed by atoms with Gasteiger partial charge < -0.3 is 21.1 Å². The molecule has 1 atom stereocenters. The average molecular weight is 402 g/mol. The Morgan fingerprint density at radius 2 is 1.82 bits per heavy atom. The molecule has 1 aliphatic heterocycles. The smallest absolute Gasteiger partial charge is 0.313 e. The first-order chi connectivity index (χ1) is 13.5. The minimum atomic E-state index is -0.765. The molecule has 2 heterocycles. The lowest BCUT2D eigenvalue weighted by molar-refractivity contribution is -0.136. The van der Waals surface area contributed by atoms with Gasteiger partial charge in [0.1, 0.15) is 0 Å². The van der Waals surface area contributed by atoms with Crippen molar-refractivity contribution >= 4 is 34.7 Å². The average Bonchev–Trinajstić information content (AvgIpc) is 3.23. The highest BCUT2D eigenvalue weighted by molar-refractivity contribution is 7.10. The number of primary amides is 1. The van der Waals surface area contributed by atoms with Crippen molar-refractivity contribution in [2.75, 3.05) is 38.2 Å². The fourth-order valence-corrected chi connectivity index (χ4v) is 3.82. The van der Waals surface area contributed by atoms with Crippen molar-refractivity contribution in [1.82, 2.24) is 10.2 Å². The summed E-state index contributed by atoms with van der Waals surface area (Å²) >= 11 is 1.62. The van der Waals surface area contributed by atoms with Gasteiger partial charge in [-0.2, -0.15) is 0 Å². The van der Waals surface area contributed by atoms with Crippen LogP contribution in [-0.2, 0) is 14.3 Å². The van der Waals surface area contributed by atoms with E-state index in [4.69, 9.17) is 10.5 Å². The van der Waals surface area contributed by atoms with E-state index in [1.807, 2.05) is 17.5 Å². The van der Waals surface area contributed by atoms with Gasteiger partial charge in [-0.1, -0.05) is 6.07 Å². The SMILES string of the molecule is NC(=O)c1ccc(NC(=O)C(=O)NC[C@H](c2cccs2)N2CCOCC2)cc1. The molecule has 0 radical (unpaired) electrons. The van der Waals surface area contributed by atoms with E-state index < -0.39 is 17.7 Å². The van der Waals surface area contributed by atoms with Gasteiger partial charge in [-0.05, 0) is 35.7 Å². The molecule has 1 aromatic carbocycles. The van der Waals surface area contributed by atoms with Crippen molar-refractivity contribution in [2.24, 2.45) is 5.73 Å². The van der Waals surface area contributed by atoms with Crippen LogP contribution in [0.1, 0.15) is 21.3 Å². The normalized spacial score (nSPS) is 15.6. The number of nitrogens with zero attached hydrogens (tertiary/aromatic N) is 1. The van der Waals surface area contributed by atoms with Crippen molar-refractivity contribution in [3.63, 3.8) is 0 Å².